The predicted octanol–water partition coefficient (Wildman–Crippen LogP) is 4.49. The van der Waals surface area contributed by atoms with E-state index in [0.29, 0.717) is 5.69 Å². The largest absolute Gasteiger partial charge is 0.363 e. The number of nitrogens with zero attached hydrogens (tertiary/aromatic N) is 1. The summed E-state index contributed by atoms with van der Waals surface area (Å²) in [6.45, 7) is 7.73. The minimum absolute atomic E-state index is 0.0904. The smallest absolute Gasteiger partial charge is 0.277 e. The highest BCUT2D eigenvalue weighted by atomic mass is 19.3. The second-order valence-corrected chi connectivity index (χ2v) is 7.28. The summed E-state index contributed by atoms with van der Waals surface area (Å²) in [5, 5.41) is 9.90. The number of hydrogen-bond donors (Lipinski definition) is 2. The van der Waals surface area contributed by atoms with Crippen molar-refractivity contribution in [2.45, 2.75) is 45.8 Å². The third kappa shape index (κ3) is 4.05. The molecule has 5 nitrogen and oxygen atoms in total. The molecule has 27 heavy (non-hydrogen) atoms. The number of halogens is 3. The van der Waals surface area contributed by atoms with Crippen LogP contribution in [-0.4, -0.2) is 31.1 Å². The molecule has 2 N–H and O–H groups in total. The van der Waals surface area contributed by atoms with Crippen LogP contribution in [0.2, 0.25) is 0 Å². The Balaban J connectivity index is 2.45. The molecule has 0 spiro atoms. The number of aliphatic imine (C=N–C) groups is 1. The van der Waals surface area contributed by atoms with Gasteiger partial charge in [0.2, 0.25) is 11.9 Å². The molecule has 148 valence electrons. The number of fused-ring (bicyclic) bond motifs is 1. The quantitative estimate of drug-likeness (QED) is 0.711. The highest BCUT2D eigenvalue weighted by Crippen LogP contribution is 2.49. The standard InChI is InChI=1S/C19H24F3N3O2/c1-9(2)15-12-10(19(3,4)27-15)7-6-8-11(12)25-18(26)13(17(22)24-5)14(23)16(20)21/h6-9,13,15-16,23H,1-5H3,(H,25,26). The van der Waals surface area contributed by atoms with Crippen LogP contribution in [0, 0.1) is 17.2 Å². The number of amides is 1. The van der Waals surface area contributed by atoms with Crippen molar-refractivity contribution in [3.8, 4) is 0 Å². The summed E-state index contributed by atoms with van der Waals surface area (Å²) < 4.78 is 45.9. The Bertz CT molecular complexity index is 775. The van der Waals surface area contributed by atoms with E-state index in [2.05, 4.69) is 10.3 Å². The van der Waals surface area contributed by atoms with Crippen LogP contribution < -0.4 is 5.32 Å². The highest BCUT2D eigenvalue weighted by Gasteiger charge is 2.41. The van der Waals surface area contributed by atoms with Gasteiger partial charge in [-0.25, -0.2) is 8.78 Å². The van der Waals surface area contributed by atoms with Crippen molar-refractivity contribution in [3.05, 3.63) is 29.3 Å². The molecule has 1 amide bonds. The lowest BCUT2D eigenvalue weighted by Gasteiger charge is -2.22. The minimum Gasteiger partial charge on any atom is -0.363 e. The van der Waals surface area contributed by atoms with E-state index in [1.165, 1.54) is 0 Å². The van der Waals surface area contributed by atoms with E-state index < -0.39 is 35.5 Å². The van der Waals surface area contributed by atoms with E-state index in [4.69, 9.17) is 10.1 Å². The number of carbonyl (C=O) groups excluding carboxylic acids is 1. The molecule has 0 bridgehead atoms. The fourth-order valence-corrected chi connectivity index (χ4v) is 3.25. The number of carbonyl (C=O) groups is 1. The summed E-state index contributed by atoms with van der Waals surface area (Å²) in [6, 6.07) is 5.20. The summed E-state index contributed by atoms with van der Waals surface area (Å²) in [4.78, 5) is 15.7. The Kier molecular flexibility index (Phi) is 6.09. The lowest BCUT2D eigenvalue weighted by molar-refractivity contribution is -0.116. The average Bonchev–Trinajstić information content (AvgIpc) is 2.87. The molecule has 0 fully saturated rings. The van der Waals surface area contributed by atoms with E-state index in [-0.39, 0.29) is 12.0 Å². The summed E-state index contributed by atoms with van der Waals surface area (Å²) in [6.07, 6.45) is -3.58. The first-order chi connectivity index (χ1) is 12.5. The molecule has 0 saturated carbocycles. The number of benzene rings is 1. The highest BCUT2D eigenvalue weighted by molar-refractivity contribution is 6.22. The second-order valence-electron chi connectivity index (χ2n) is 7.28. The molecule has 0 aromatic heterocycles. The van der Waals surface area contributed by atoms with Crippen LogP contribution in [0.4, 0.5) is 18.9 Å². The molecular weight excluding hydrogens is 359 g/mol. The fourth-order valence-electron chi connectivity index (χ4n) is 3.25. The first kappa shape index (κ1) is 21.1. The molecule has 1 aliphatic rings. The number of hydrogen-bond acceptors (Lipinski definition) is 4. The van der Waals surface area contributed by atoms with Crippen LogP contribution >= 0.6 is 0 Å². The molecule has 0 radical (unpaired) electrons. The zero-order valence-corrected chi connectivity index (χ0v) is 15.9. The predicted molar refractivity (Wildman–Crippen MR) is 98.4 cm³/mol. The van der Waals surface area contributed by atoms with Gasteiger partial charge in [0, 0.05) is 18.3 Å². The number of alkyl halides is 2. The second kappa shape index (κ2) is 7.80. The molecule has 8 heteroatoms. The van der Waals surface area contributed by atoms with Gasteiger partial charge in [-0.05, 0) is 31.4 Å². The van der Waals surface area contributed by atoms with E-state index in [1.54, 1.807) is 12.1 Å². The molecule has 1 heterocycles. The summed E-state index contributed by atoms with van der Waals surface area (Å²) in [5.74, 6) is -4.38. The SMILES string of the molecule is CN=C(F)C(C(=N)C(F)F)C(=O)Nc1cccc2c1C(C(C)C)OC2(C)C. The lowest BCUT2D eigenvalue weighted by atomic mass is 9.90. The van der Waals surface area contributed by atoms with Crippen LogP contribution in [0.1, 0.15) is 44.9 Å². The fraction of sp³-hybridized carbons (Fsp3) is 0.526. The van der Waals surface area contributed by atoms with Gasteiger partial charge in [-0.2, -0.15) is 4.39 Å². The van der Waals surface area contributed by atoms with Gasteiger partial charge in [-0.15, -0.1) is 0 Å². The summed E-state index contributed by atoms with van der Waals surface area (Å²) in [5.41, 5.74) is 0.0417. The van der Waals surface area contributed by atoms with Gasteiger partial charge in [-0.3, -0.25) is 9.79 Å². The molecule has 2 rings (SSSR count). The van der Waals surface area contributed by atoms with E-state index in [9.17, 15) is 18.0 Å². The van der Waals surface area contributed by atoms with Gasteiger partial charge in [0.1, 0.15) is 0 Å². The zero-order chi connectivity index (χ0) is 20.5. The third-order valence-electron chi connectivity index (χ3n) is 4.58. The molecule has 1 aromatic carbocycles. The summed E-state index contributed by atoms with van der Waals surface area (Å²) >= 11 is 0. The van der Waals surface area contributed by atoms with Crippen molar-refractivity contribution in [1.29, 1.82) is 5.41 Å². The normalized spacial score (nSPS) is 19.9. The van der Waals surface area contributed by atoms with E-state index in [0.717, 1.165) is 18.2 Å². The van der Waals surface area contributed by atoms with Crippen molar-refractivity contribution in [2.24, 2.45) is 16.8 Å². The number of nitrogens with one attached hydrogen (secondary N) is 2. The maximum absolute atomic E-state index is 14.0. The topological polar surface area (TPSA) is 74.5 Å². The number of rotatable bonds is 6. The lowest BCUT2D eigenvalue weighted by Crippen LogP contribution is -2.37. The van der Waals surface area contributed by atoms with Crippen molar-refractivity contribution in [2.75, 3.05) is 12.4 Å². The molecule has 2 atom stereocenters. The molecule has 1 aliphatic heterocycles. The van der Waals surface area contributed by atoms with Gasteiger partial charge in [0.25, 0.3) is 6.43 Å². The van der Waals surface area contributed by atoms with E-state index in [1.807, 2.05) is 33.8 Å². The monoisotopic (exact) mass is 383 g/mol. The van der Waals surface area contributed by atoms with E-state index >= 15 is 0 Å². The van der Waals surface area contributed by atoms with Crippen molar-refractivity contribution >= 4 is 23.3 Å². The Labute approximate surface area is 156 Å². The van der Waals surface area contributed by atoms with Crippen LogP contribution in [0.25, 0.3) is 0 Å². The Morgan fingerprint density at radius 1 is 1.33 bits per heavy atom. The number of anilines is 1. The van der Waals surface area contributed by atoms with Gasteiger partial charge in [-0.1, -0.05) is 26.0 Å². The molecule has 2 unspecified atom stereocenters. The molecule has 0 saturated heterocycles. The maximum Gasteiger partial charge on any atom is 0.277 e. The van der Waals surface area contributed by atoms with Crippen LogP contribution in [-0.2, 0) is 15.1 Å². The average molecular weight is 383 g/mol. The van der Waals surface area contributed by atoms with Gasteiger partial charge < -0.3 is 15.5 Å². The first-order valence-electron chi connectivity index (χ1n) is 8.62. The van der Waals surface area contributed by atoms with Crippen LogP contribution in [0.15, 0.2) is 23.2 Å². The minimum atomic E-state index is -3.26. The van der Waals surface area contributed by atoms with Crippen molar-refractivity contribution in [3.63, 3.8) is 0 Å². The van der Waals surface area contributed by atoms with Gasteiger partial charge in [0.05, 0.1) is 17.4 Å². The third-order valence-corrected chi connectivity index (χ3v) is 4.58. The van der Waals surface area contributed by atoms with Crippen LogP contribution in [0.3, 0.4) is 0 Å². The zero-order valence-electron chi connectivity index (χ0n) is 15.9. The van der Waals surface area contributed by atoms with Crippen molar-refractivity contribution < 1.29 is 22.7 Å². The Morgan fingerprint density at radius 2 is 1.96 bits per heavy atom. The summed E-state index contributed by atoms with van der Waals surface area (Å²) in [7, 11) is 1.04. The maximum atomic E-state index is 14.0. The Hall–Kier alpha value is -2.22. The molecular formula is C19H24F3N3O2. The van der Waals surface area contributed by atoms with Gasteiger partial charge in [0.15, 0.2) is 5.92 Å². The number of ether oxygens (including phenoxy) is 1. The Morgan fingerprint density at radius 3 is 2.48 bits per heavy atom. The molecule has 0 aliphatic carbocycles. The van der Waals surface area contributed by atoms with Crippen LogP contribution in [0.5, 0.6) is 0 Å². The molecule has 1 aromatic rings. The van der Waals surface area contributed by atoms with Gasteiger partial charge >= 0.3 is 0 Å². The van der Waals surface area contributed by atoms with Crippen molar-refractivity contribution in [1.82, 2.24) is 0 Å². The first-order valence-corrected chi connectivity index (χ1v) is 8.62.